The molecule has 0 radical (unpaired) electrons. The molecular formula is C20H20FN3O. The summed E-state index contributed by atoms with van der Waals surface area (Å²) < 4.78 is 13.3. The lowest BCUT2D eigenvalue weighted by atomic mass is 10.1. The van der Waals surface area contributed by atoms with Crippen LogP contribution in [-0.4, -0.2) is 27.3 Å². The lowest BCUT2D eigenvalue weighted by Crippen LogP contribution is -2.31. The van der Waals surface area contributed by atoms with Gasteiger partial charge in [-0.2, -0.15) is 0 Å². The molecule has 1 fully saturated rings. The first-order valence-corrected chi connectivity index (χ1v) is 8.69. The Labute approximate surface area is 145 Å². The van der Waals surface area contributed by atoms with Gasteiger partial charge in [0.05, 0.1) is 17.1 Å². The first kappa shape index (κ1) is 15.8. The van der Waals surface area contributed by atoms with E-state index in [9.17, 15) is 9.18 Å². The molecule has 1 amide bonds. The van der Waals surface area contributed by atoms with Crippen molar-refractivity contribution in [1.82, 2.24) is 14.9 Å². The number of aromatic nitrogens is 2. The van der Waals surface area contributed by atoms with Crippen molar-refractivity contribution < 1.29 is 9.18 Å². The number of carbonyl (C=O) groups excluding carboxylic acids is 1. The average Bonchev–Trinajstić information content (AvgIpc) is 3.26. The van der Waals surface area contributed by atoms with Crippen LogP contribution in [0, 0.1) is 5.82 Å². The number of nitrogens with one attached hydrogen (secondary N) is 1. The molecule has 1 atom stereocenters. The highest BCUT2D eigenvalue weighted by atomic mass is 19.1. The van der Waals surface area contributed by atoms with Gasteiger partial charge in [0.1, 0.15) is 11.6 Å². The van der Waals surface area contributed by atoms with E-state index >= 15 is 0 Å². The number of carbonyl (C=O) groups is 1. The van der Waals surface area contributed by atoms with Gasteiger partial charge in [-0.1, -0.05) is 24.3 Å². The van der Waals surface area contributed by atoms with Gasteiger partial charge >= 0.3 is 0 Å². The highest BCUT2D eigenvalue weighted by molar-refractivity contribution is 5.78. The normalized spacial score (nSPS) is 17.3. The number of likely N-dealkylation sites (tertiary alicyclic amines) is 1. The van der Waals surface area contributed by atoms with Gasteiger partial charge < -0.3 is 9.88 Å². The number of rotatable bonds is 4. The van der Waals surface area contributed by atoms with Crippen molar-refractivity contribution in [2.45, 2.75) is 31.7 Å². The smallest absolute Gasteiger partial charge is 0.223 e. The molecule has 1 N–H and O–H groups in total. The maximum Gasteiger partial charge on any atom is 0.223 e. The fraction of sp³-hybridized carbons (Fsp3) is 0.300. The molecule has 0 bridgehead atoms. The Hall–Kier alpha value is -2.69. The van der Waals surface area contributed by atoms with E-state index in [-0.39, 0.29) is 17.8 Å². The van der Waals surface area contributed by atoms with Crippen molar-refractivity contribution >= 4 is 16.9 Å². The minimum Gasteiger partial charge on any atom is -0.340 e. The number of hydrogen-bond acceptors (Lipinski definition) is 2. The van der Waals surface area contributed by atoms with Crippen molar-refractivity contribution in [3.05, 3.63) is 65.7 Å². The topological polar surface area (TPSA) is 49.0 Å². The fourth-order valence-corrected chi connectivity index (χ4v) is 3.57. The molecule has 5 heteroatoms. The highest BCUT2D eigenvalue weighted by Crippen LogP contribution is 2.32. The fourth-order valence-electron chi connectivity index (χ4n) is 3.57. The van der Waals surface area contributed by atoms with E-state index in [0.29, 0.717) is 12.8 Å². The van der Waals surface area contributed by atoms with Gasteiger partial charge in [0.2, 0.25) is 5.91 Å². The van der Waals surface area contributed by atoms with E-state index in [1.165, 1.54) is 12.1 Å². The SMILES string of the molecule is O=C(CCc1cccc(F)c1)N1CCCC1c1nc2ccccc2[nH]1. The molecule has 0 aliphatic carbocycles. The second kappa shape index (κ2) is 6.67. The zero-order valence-electron chi connectivity index (χ0n) is 13.9. The van der Waals surface area contributed by atoms with Crippen LogP contribution in [-0.2, 0) is 11.2 Å². The third-order valence-corrected chi connectivity index (χ3v) is 4.81. The van der Waals surface area contributed by atoms with E-state index in [1.807, 2.05) is 35.2 Å². The minimum absolute atomic E-state index is 0.00686. The predicted octanol–water partition coefficient (Wildman–Crippen LogP) is 4.00. The third kappa shape index (κ3) is 3.27. The summed E-state index contributed by atoms with van der Waals surface area (Å²) in [6, 6.07) is 14.4. The second-order valence-corrected chi connectivity index (χ2v) is 6.51. The lowest BCUT2D eigenvalue weighted by Gasteiger charge is -2.23. The molecule has 1 saturated heterocycles. The van der Waals surface area contributed by atoms with E-state index in [4.69, 9.17) is 0 Å². The molecule has 128 valence electrons. The lowest BCUT2D eigenvalue weighted by molar-refractivity contribution is -0.132. The first-order valence-electron chi connectivity index (χ1n) is 8.69. The summed E-state index contributed by atoms with van der Waals surface area (Å²) in [6.07, 6.45) is 2.85. The Morgan fingerprint density at radius 2 is 2.12 bits per heavy atom. The van der Waals surface area contributed by atoms with Gasteiger partial charge in [-0.15, -0.1) is 0 Å². The molecule has 4 rings (SSSR count). The van der Waals surface area contributed by atoms with Gasteiger partial charge in [0.25, 0.3) is 0 Å². The van der Waals surface area contributed by atoms with Crippen molar-refractivity contribution in [2.24, 2.45) is 0 Å². The van der Waals surface area contributed by atoms with Crippen LogP contribution < -0.4 is 0 Å². The molecule has 3 aromatic rings. The molecule has 4 nitrogen and oxygen atoms in total. The van der Waals surface area contributed by atoms with E-state index in [2.05, 4.69) is 9.97 Å². The number of benzene rings is 2. The molecule has 0 saturated carbocycles. The number of halogens is 1. The van der Waals surface area contributed by atoms with Crippen molar-refractivity contribution in [2.75, 3.05) is 6.54 Å². The summed E-state index contributed by atoms with van der Waals surface area (Å²) in [5.41, 5.74) is 2.78. The molecule has 1 unspecified atom stereocenters. The zero-order valence-corrected chi connectivity index (χ0v) is 13.9. The number of fused-ring (bicyclic) bond motifs is 1. The van der Waals surface area contributed by atoms with E-state index in [1.54, 1.807) is 6.07 Å². The van der Waals surface area contributed by atoms with Crippen LogP contribution in [0.15, 0.2) is 48.5 Å². The quantitative estimate of drug-likeness (QED) is 0.782. The van der Waals surface area contributed by atoms with Gasteiger partial charge in [-0.25, -0.2) is 9.37 Å². The third-order valence-electron chi connectivity index (χ3n) is 4.81. The van der Waals surface area contributed by atoms with Crippen molar-refractivity contribution in [3.63, 3.8) is 0 Å². The summed E-state index contributed by atoms with van der Waals surface area (Å²) in [4.78, 5) is 22.6. The minimum atomic E-state index is -0.258. The maximum absolute atomic E-state index is 13.3. The average molecular weight is 337 g/mol. The first-order chi connectivity index (χ1) is 12.2. The Kier molecular flexibility index (Phi) is 4.22. The van der Waals surface area contributed by atoms with Gasteiger partial charge in [-0.05, 0) is 49.1 Å². The number of aromatic amines is 1. The van der Waals surface area contributed by atoms with Crippen LogP contribution in [0.4, 0.5) is 4.39 Å². The predicted molar refractivity (Wildman–Crippen MR) is 94.5 cm³/mol. The molecule has 2 aromatic carbocycles. The summed E-state index contributed by atoms with van der Waals surface area (Å²) >= 11 is 0. The molecule has 1 aromatic heterocycles. The summed E-state index contributed by atoms with van der Waals surface area (Å²) in [5.74, 6) is 0.705. The second-order valence-electron chi connectivity index (χ2n) is 6.51. The Morgan fingerprint density at radius 3 is 2.96 bits per heavy atom. The van der Waals surface area contributed by atoms with Crippen LogP contribution in [0.2, 0.25) is 0 Å². The Bertz CT molecular complexity index is 872. The molecule has 1 aliphatic heterocycles. The number of hydrogen-bond donors (Lipinski definition) is 1. The number of aryl methyl sites for hydroxylation is 1. The number of para-hydroxylation sites is 2. The standard InChI is InChI=1S/C20H20FN3O/c21-15-6-3-5-14(13-15)10-11-19(25)24-12-4-9-18(24)20-22-16-7-1-2-8-17(16)23-20/h1-3,5-8,13,18H,4,9-12H2,(H,22,23). The molecule has 25 heavy (non-hydrogen) atoms. The van der Waals surface area contributed by atoms with Crippen LogP contribution in [0.1, 0.15) is 36.7 Å². The number of imidazole rings is 1. The van der Waals surface area contributed by atoms with Crippen LogP contribution in [0.25, 0.3) is 11.0 Å². The van der Waals surface area contributed by atoms with Crippen LogP contribution >= 0.6 is 0 Å². The van der Waals surface area contributed by atoms with Gasteiger partial charge in [0.15, 0.2) is 0 Å². The van der Waals surface area contributed by atoms with Crippen molar-refractivity contribution in [3.8, 4) is 0 Å². The molecule has 1 aliphatic rings. The molecule has 2 heterocycles. The maximum atomic E-state index is 13.3. The summed E-state index contributed by atoms with van der Waals surface area (Å²) in [7, 11) is 0. The summed E-state index contributed by atoms with van der Waals surface area (Å²) in [6.45, 7) is 0.754. The molecule has 0 spiro atoms. The van der Waals surface area contributed by atoms with E-state index in [0.717, 1.165) is 41.8 Å². The summed E-state index contributed by atoms with van der Waals surface area (Å²) in [5, 5.41) is 0. The van der Waals surface area contributed by atoms with Crippen LogP contribution in [0.5, 0.6) is 0 Å². The highest BCUT2D eigenvalue weighted by Gasteiger charge is 2.31. The number of nitrogens with zero attached hydrogens (tertiary/aromatic N) is 2. The Morgan fingerprint density at radius 1 is 1.24 bits per heavy atom. The van der Waals surface area contributed by atoms with Gasteiger partial charge in [0, 0.05) is 13.0 Å². The Balaban J connectivity index is 1.47. The number of H-pyrrole nitrogens is 1. The largest absolute Gasteiger partial charge is 0.340 e. The van der Waals surface area contributed by atoms with Gasteiger partial charge in [-0.3, -0.25) is 4.79 Å². The number of amides is 1. The zero-order chi connectivity index (χ0) is 17.2. The van der Waals surface area contributed by atoms with E-state index < -0.39 is 0 Å². The van der Waals surface area contributed by atoms with Crippen LogP contribution in [0.3, 0.4) is 0 Å². The monoisotopic (exact) mass is 337 g/mol. The van der Waals surface area contributed by atoms with Crippen molar-refractivity contribution in [1.29, 1.82) is 0 Å². The molecular weight excluding hydrogens is 317 g/mol.